The SMILES string of the molecule is CCOc1ccc(/C=C/C(=O)Nc2nc(-c3cccc(Br)c3)cs2)cc1OC. The quantitative estimate of drug-likeness (QED) is 0.465. The summed E-state index contributed by atoms with van der Waals surface area (Å²) in [7, 11) is 1.59. The fraction of sp³-hybridized carbons (Fsp3) is 0.143. The molecular weight excluding hydrogens is 440 g/mol. The van der Waals surface area contributed by atoms with E-state index in [1.165, 1.54) is 17.4 Å². The fourth-order valence-corrected chi connectivity index (χ4v) is 3.61. The van der Waals surface area contributed by atoms with E-state index < -0.39 is 0 Å². The van der Waals surface area contributed by atoms with Crippen LogP contribution in [0.1, 0.15) is 12.5 Å². The zero-order valence-corrected chi connectivity index (χ0v) is 17.8. The second-order valence-corrected chi connectivity index (χ2v) is 7.49. The molecular formula is C21H19BrN2O3S. The summed E-state index contributed by atoms with van der Waals surface area (Å²) in [5.41, 5.74) is 2.65. The van der Waals surface area contributed by atoms with Crippen molar-refractivity contribution in [3.63, 3.8) is 0 Å². The van der Waals surface area contributed by atoms with Crippen molar-refractivity contribution in [3.8, 4) is 22.8 Å². The van der Waals surface area contributed by atoms with Crippen LogP contribution in [0.25, 0.3) is 17.3 Å². The molecule has 3 rings (SSSR count). The third-order valence-corrected chi connectivity index (χ3v) is 5.02. The molecule has 2 aromatic carbocycles. The van der Waals surface area contributed by atoms with Gasteiger partial charge in [0.2, 0.25) is 5.91 Å². The largest absolute Gasteiger partial charge is 0.493 e. The topological polar surface area (TPSA) is 60.5 Å². The number of nitrogens with zero attached hydrogens (tertiary/aromatic N) is 1. The van der Waals surface area contributed by atoms with E-state index in [-0.39, 0.29) is 5.91 Å². The molecule has 0 bridgehead atoms. The van der Waals surface area contributed by atoms with E-state index in [4.69, 9.17) is 9.47 Å². The second kappa shape index (κ2) is 9.52. The molecule has 144 valence electrons. The minimum atomic E-state index is -0.247. The number of rotatable bonds is 7. The number of benzene rings is 2. The Bertz CT molecular complexity index is 1000. The third-order valence-electron chi connectivity index (χ3n) is 3.77. The molecule has 3 aromatic rings. The number of halogens is 1. The van der Waals surface area contributed by atoms with Crippen molar-refractivity contribution in [2.75, 3.05) is 19.0 Å². The Morgan fingerprint density at radius 3 is 2.86 bits per heavy atom. The number of amides is 1. The van der Waals surface area contributed by atoms with Crippen LogP contribution >= 0.6 is 27.3 Å². The normalized spacial score (nSPS) is 10.8. The zero-order valence-electron chi connectivity index (χ0n) is 15.4. The first-order chi connectivity index (χ1) is 13.6. The molecule has 0 radical (unpaired) electrons. The van der Waals surface area contributed by atoms with Gasteiger partial charge in [0.25, 0.3) is 0 Å². The highest BCUT2D eigenvalue weighted by Crippen LogP contribution is 2.29. The maximum absolute atomic E-state index is 12.2. The molecule has 0 saturated carbocycles. The molecule has 0 aliphatic carbocycles. The summed E-state index contributed by atoms with van der Waals surface area (Å²) in [5, 5.41) is 5.26. The van der Waals surface area contributed by atoms with Crippen LogP contribution in [-0.4, -0.2) is 24.6 Å². The maximum atomic E-state index is 12.2. The molecule has 0 atom stereocenters. The summed E-state index contributed by atoms with van der Waals surface area (Å²) >= 11 is 4.84. The van der Waals surface area contributed by atoms with Gasteiger partial charge in [-0.3, -0.25) is 10.1 Å². The Morgan fingerprint density at radius 2 is 2.11 bits per heavy atom. The molecule has 1 amide bonds. The number of hydrogen-bond acceptors (Lipinski definition) is 5. The lowest BCUT2D eigenvalue weighted by Gasteiger charge is -2.09. The number of carbonyl (C=O) groups is 1. The van der Waals surface area contributed by atoms with Crippen LogP contribution in [0, 0.1) is 0 Å². The minimum Gasteiger partial charge on any atom is -0.493 e. The van der Waals surface area contributed by atoms with Crippen LogP contribution in [0.2, 0.25) is 0 Å². The average molecular weight is 459 g/mol. The van der Waals surface area contributed by atoms with Gasteiger partial charge in [-0.05, 0) is 42.8 Å². The highest BCUT2D eigenvalue weighted by molar-refractivity contribution is 9.10. The van der Waals surface area contributed by atoms with E-state index in [1.807, 2.05) is 54.8 Å². The highest BCUT2D eigenvalue weighted by atomic mass is 79.9. The molecule has 0 spiro atoms. The predicted octanol–water partition coefficient (Wildman–Crippen LogP) is 5.63. The van der Waals surface area contributed by atoms with Crippen LogP contribution in [-0.2, 0) is 4.79 Å². The number of thiazole rings is 1. The Labute approximate surface area is 176 Å². The summed E-state index contributed by atoms with van der Waals surface area (Å²) in [5.74, 6) is 1.06. The molecule has 0 saturated heterocycles. The van der Waals surface area contributed by atoms with Crippen molar-refractivity contribution in [2.24, 2.45) is 0 Å². The van der Waals surface area contributed by atoms with E-state index >= 15 is 0 Å². The van der Waals surface area contributed by atoms with Gasteiger partial charge in [0.1, 0.15) is 0 Å². The molecule has 28 heavy (non-hydrogen) atoms. The zero-order chi connectivity index (χ0) is 19.9. The number of anilines is 1. The van der Waals surface area contributed by atoms with Gasteiger partial charge in [0.15, 0.2) is 16.6 Å². The van der Waals surface area contributed by atoms with Gasteiger partial charge in [-0.2, -0.15) is 0 Å². The van der Waals surface area contributed by atoms with Crippen LogP contribution < -0.4 is 14.8 Å². The monoisotopic (exact) mass is 458 g/mol. The molecule has 0 aliphatic heterocycles. The number of aromatic nitrogens is 1. The first-order valence-corrected chi connectivity index (χ1v) is 10.3. The van der Waals surface area contributed by atoms with Gasteiger partial charge < -0.3 is 9.47 Å². The van der Waals surface area contributed by atoms with Crippen molar-refractivity contribution in [2.45, 2.75) is 6.92 Å². The van der Waals surface area contributed by atoms with E-state index in [9.17, 15) is 4.79 Å². The van der Waals surface area contributed by atoms with Gasteiger partial charge in [0, 0.05) is 21.5 Å². The van der Waals surface area contributed by atoms with Gasteiger partial charge in [-0.1, -0.05) is 34.1 Å². The van der Waals surface area contributed by atoms with Gasteiger partial charge >= 0.3 is 0 Å². The maximum Gasteiger partial charge on any atom is 0.250 e. The lowest BCUT2D eigenvalue weighted by Crippen LogP contribution is -2.07. The Morgan fingerprint density at radius 1 is 1.25 bits per heavy atom. The fourth-order valence-electron chi connectivity index (χ4n) is 2.49. The summed E-state index contributed by atoms with van der Waals surface area (Å²) in [6.07, 6.45) is 3.19. The van der Waals surface area contributed by atoms with Crippen molar-refractivity contribution < 1.29 is 14.3 Å². The smallest absolute Gasteiger partial charge is 0.250 e. The highest BCUT2D eigenvalue weighted by Gasteiger charge is 2.07. The molecule has 1 N–H and O–H groups in total. The van der Waals surface area contributed by atoms with Crippen LogP contribution in [0.5, 0.6) is 11.5 Å². The number of ether oxygens (including phenoxy) is 2. The number of hydrogen-bond donors (Lipinski definition) is 1. The van der Waals surface area contributed by atoms with Crippen LogP contribution in [0.15, 0.2) is 58.4 Å². The molecule has 1 aromatic heterocycles. The van der Waals surface area contributed by atoms with E-state index in [2.05, 4.69) is 26.2 Å². The molecule has 0 fully saturated rings. The van der Waals surface area contributed by atoms with Crippen LogP contribution in [0.3, 0.4) is 0 Å². The second-order valence-electron chi connectivity index (χ2n) is 5.71. The van der Waals surface area contributed by atoms with Gasteiger partial charge in [0.05, 0.1) is 19.4 Å². The first kappa shape index (κ1) is 20.1. The Kier molecular flexibility index (Phi) is 6.84. The summed E-state index contributed by atoms with van der Waals surface area (Å²) in [4.78, 5) is 16.7. The van der Waals surface area contributed by atoms with E-state index in [0.29, 0.717) is 23.2 Å². The van der Waals surface area contributed by atoms with Crippen molar-refractivity contribution in [1.29, 1.82) is 0 Å². The first-order valence-electron chi connectivity index (χ1n) is 8.60. The Balaban J connectivity index is 1.66. The molecule has 7 heteroatoms. The third kappa shape index (κ3) is 5.21. The number of nitrogens with one attached hydrogen (secondary N) is 1. The summed E-state index contributed by atoms with van der Waals surface area (Å²) in [6.45, 7) is 2.47. The van der Waals surface area contributed by atoms with Crippen LogP contribution in [0.4, 0.5) is 5.13 Å². The molecule has 1 heterocycles. The lowest BCUT2D eigenvalue weighted by molar-refractivity contribution is -0.111. The molecule has 0 aliphatic rings. The number of methoxy groups -OCH3 is 1. The predicted molar refractivity (Wildman–Crippen MR) is 117 cm³/mol. The molecule has 5 nitrogen and oxygen atoms in total. The molecule has 0 unspecified atom stereocenters. The summed E-state index contributed by atoms with van der Waals surface area (Å²) < 4.78 is 11.8. The van der Waals surface area contributed by atoms with Gasteiger partial charge in [-0.25, -0.2) is 4.98 Å². The van der Waals surface area contributed by atoms with Crippen molar-refractivity contribution in [1.82, 2.24) is 4.98 Å². The lowest BCUT2D eigenvalue weighted by atomic mass is 10.2. The standard InChI is InChI=1S/C21H19BrN2O3S/c1-3-27-18-9-7-14(11-19(18)26-2)8-10-20(25)24-21-23-17(13-28-21)15-5-4-6-16(22)12-15/h4-13H,3H2,1-2H3,(H,23,24,25)/b10-8+. The Hall–Kier alpha value is -2.64. The van der Waals surface area contributed by atoms with Crippen molar-refractivity contribution >= 4 is 44.4 Å². The summed E-state index contributed by atoms with van der Waals surface area (Å²) in [6, 6.07) is 13.4. The van der Waals surface area contributed by atoms with E-state index in [1.54, 1.807) is 13.2 Å². The van der Waals surface area contributed by atoms with Crippen molar-refractivity contribution in [3.05, 3.63) is 64.0 Å². The van der Waals surface area contributed by atoms with Gasteiger partial charge in [-0.15, -0.1) is 11.3 Å². The van der Waals surface area contributed by atoms with E-state index in [0.717, 1.165) is 21.3 Å². The average Bonchev–Trinajstić information content (AvgIpc) is 3.16. The number of carbonyl (C=O) groups excluding carboxylic acids is 1. The minimum absolute atomic E-state index is 0.247.